The third kappa shape index (κ3) is 2.93. The highest BCUT2D eigenvalue weighted by Crippen LogP contribution is 2.19. The van der Waals surface area contributed by atoms with Gasteiger partial charge in [0, 0.05) is 24.9 Å². The SMILES string of the molecule is CNC(C)c1ccc(F)c(Cc2ccncc2)c1. The third-order valence-electron chi connectivity index (χ3n) is 3.15. The maximum atomic E-state index is 13.8. The maximum absolute atomic E-state index is 13.8. The third-order valence-corrected chi connectivity index (χ3v) is 3.15. The smallest absolute Gasteiger partial charge is 0.126 e. The molecule has 0 aliphatic carbocycles. The lowest BCUT2D eigenvalue weighted by Crippen LogP contribution is -2.12. The van der Waals surface area contributed by atoms with Crippen molar-refractivity contribution in [3.05, 3.63) is 65.2 Å². The number of hydrogen-bond donors (Lipinski definition) is 1. The van der Waals surface area contributed by atoms with Crippen LogP contribution in [-0.4, -0.2) is 12.0 Å². The second kappa shape index (κ2) is 5.74. The van der Waals surface area contributed by atoms with Gasteiger partial charge in [0.15, 0.2) is 0 Å². The van der Waals surface area contributed by atoms with Crippen LogP contribution in [0.2, 0.25) is 0 Å². The molecule has 1 heterocycles. The number of rotatable bonds is 4. The molecule has 2 nitrogen and oxygen atoms in total. The highest BCUT2D eigenvalue weighted by Gasteiger charge is 2.08. The molecular weight excluding hydrogens is 227 g/mol. The van der Waals surface area contributed by atoms with Crippen LogP contribution in [0.15, 0.2) is 42.7 Å². The summed E-state index contributed by atoms with van der Waals surface area (Å²) in [5.41, 5.74) is 2.89. The Morgan fingerprint density at radius 1 is 1.22 bits per heavy atom. The molecule has 0 spiro atoms. The van der Waals surface area contributed by atoms with Crippen molar-refractivity contribution in [1.82, 2.24) is 10.3 Å². The number of pyridine rings is 1. The molecule has 0 aliphatic rings. The fourth-order valence-corrected chi connectivity index (χ4v) is 1.89. The molecule has 3 heteroatoms. The Morgan fingerprint density at radius 2 is 1.94 bits per heavy atom. The summed E-state index contributed by atoms with van der Waals surface area (Å²) < 4.78 is 13.8. The lowest BCUT2D eigenvalue weighted by atomic mass is 10.00. The molecule has 0 amide bonds. The molecule has 1 aromatic carbocycles. The van der Waals surface area contributed by atoms with Crippen LogP contribution in [0, 0.1) is 5.82 Å². The highest BCUT2D eigenvalue weighted by atomic mass is 19.1. The number of nitrogens with zero attached hydrogens (tertiary/aromatic N) is 1. The minimum atomic E-state index is -0.154. The van der Waals surface area contributed by atoms with E-state index in [-0.39, 0.29) is 11.9 Å². The van der Waals surface area contributed by atoms with Gasteiger partial charge in [0.05, 0.1) is 0 Å². The average Bonchev–Trinajstić information content (AvgIpc) is 2.41. The van der Waals surface area contributed by atoms with E-state index in [1.165, 1.54) is 0 Å². The molecule has 1 unspecified atom stereocenters. The van der Waals surface area contributed by atoms with E-state index in [0.717, 1.165) is 16.7 Å². The van der Waals surface area contributed by atoms with Crippen LogP contribution in [0.3, 0.4) is 0 Å². The van der Waals surface area contributed by atoms with E-state index < -0.39 is 0 Å². The molecule has 1 aromatic heterocycles. The van der Waals surface area contributed by atoms with Crippen LogP contribution < -0.4 is 5.32 Å². The van der Waals surface area contributed by atoms with Crippen molar-refractivity contribution in [2.75, 3.05) is 7.05 Å². The van der Waals surface area contributed by atoms with Gasteiger partial charge in [0.25, 0.3) is 0 Å². The Hall–Kier alpha value is -1.74. The van der Waals surface area contributed by atoms with Gasteiger partial charge in [-0.25, -0.2) is 4.39 Å². The van der Waals surface area contributed by atoms with Crippen molar-refractivity contribution >= 4 is 0 Å². The molecule has 0 bridgehead atoms. The van der Waals surface area contributed by atoms with Crippen LogP contribution in [0.1, 0.15) is 29.7 Å². The standard InChI is InChI=1S/C15H17FN2/c1-11(17-2)13-3-4-15(16)14(10-13)9-12-5-7-18-8-6-12/h3-8,10-11,17H,9H2,1-2H3. The van der Waals surface area contributed by atoms with Crippen molar-refractivity contribution < 1.29 is 4.39 Å². The molecule has 18 heavy (non-hydrogen) atoms. The summed E-state index contributed by atoms with van der Waals surface area (Å²) in [5.74, 6) is -0.154. The zero-order valence-corrected chi connectivity index (χ0v) is 10.7. The zero-order valence-electron chi connectivity index (χ0n) is 10.7. The van der Waals surface area contributed by atoms with E-state index in [1.54, 1.807) is 18.5 Å². The molecule has 0 saturated heterocycles. The number of benzene rings is 1. The van der Waals surface area contributed by atoms with Crippen molar-refractivity contribution in [3.63, 3.8) is 0 Å². The molecule has 1 N–H and O–H groups in total. The first kappa shape index (κ1) is 12.7. The zero-order chi connectivity index (χ0) is 13.0. The molecule has 0 fully saturated rings. The molecule has 2 aromatic rings. The number of hydrogen-bond acceptors (Lipinski definition) is 2. The van der Waals surface area contributed by atoms with Gasteiger partial charge in [0.1, 0.15) is 5.82 Å². The molecule has 94 valence electrons. The Balaban J connectivity index is 2.27. The summed E-state index contributed by atoms with van der Waals surface area (Å²) in [6.07, 6.45) is 4.05. The van der Waals surface area contributed by atoms with Gasteiger partial charge in [-0.05, 0) is 48.9 Å². The summed E-state index contributed by atoms with van der Waals surface area (Å²) in [6.45, 7) is 2.06. The van der Waals surface area contributed by atoms with E-state index in [0.29, 0.717) is 6.42 Å². The molecule has 0 radical (unpaired) electrons. The predicted molar refractivity (Wildman–Crippen MR) is 70.9 cm³/mol. The minimum absolute atomic E-state index is 0.154. The lowest BCUT2D eigenvalue weighted by Gasteiger charge is -2.13. The van der Waals surface area contributed by atoms with Gasteiger partial charge in [-0.2, -0.15) is 0 Å². The Labute approximate surface area is 107 Å². The molecule has 0 saturated carbocycles. The fraction of sp³-hybridized carbons (Fsp3) is 0.267. The Bertz CT molecular complexity index is 511. The monoisotopic (exact) mass is 244 g/mol. The summed E-state index contributed by atoms with van der Waals surface area (Å²) in [7, 11) is 1.90. The van der Waals surface area contributed by atoms with E-state index in [4.69, 9.17) is 0 Å². The summed E-state index contributed by atoms with van der Waals surface area (Å²) in [4.78, 5) is 3.96. The van der Waals surface area contributed by atoms with Gasteiger partial charge < -0.3 is 5.32 Å². The fourth-order valence-electron chi connectivity index (χ4n) is 1.89. The first-order valence-electron chi connectivity index (χ1n) is 6.05. The van der Waals surface area contributed by atoms with E-state index in [1.807, 2.05) is 31.3 Å². The van der Waals surface area contributed by atoms with Crippen LogP contribution in [0.4, 0.5) is 4.39 Å². The predicted octanol–water partition coefficient (Wildman–Crippen LogP) is 3.09. The minimum Gasteiger partial charge on any atom is -0.313 e. The van der Waals surface area contributed by atoms with Gasteiger partial charge in [0.2, 0.25) is 0 Å². The van der Waals surface area contributed by atoms with Crippen LogP contribution in [-0.2, 0) is 6.42 Å². The van der Waals surface area contributed by atoms with Crippen molar-refractivity contribution in [1.29, 1.82) is 0 Å². The lowest BCUT2D eigenvalue weighted by molar-refractivity contribution is 0.605. The van der Waals surface area contributed by atoms with E-state index in [2.05, 4.69) is 17.2 Å². The molecule has 2 rings (SSSR count). The van der Waals surface area contributed by atoms with Crippen LogP contribution in [0.25, 0.3) is 0 Å². The number of nitrogens with one attached hydrogen (secondary N) is 1. The average molecular weight is 244 g/mol. The largest absolute Gasteiger partial charge is 0.313 e. The normalized spacial score (nSPS) is 12.4. The van der Waals surface area contributed by atoms with Crippen molar-refractivity contribution in [3.8, 4) is 0 Å². The van der Waals surface area contributed by atoms with Gasteiger partial charge in [-0.1, -0.05) is 12.1 Å². The quantitative estimate of drug-likeness (QED) is 0.894. The maximum Gasteiger partial charge on any atom is 0.126 e. The first-order chi connectivity index (χ1) is 8.70. The molecule has 0 aliphatic heterocycles. The Kier molecular flexibility index (Phi) is 4.05. The van der Waals surface area contributed by atoms with Gasteiger partial charge in [-0.3, -0.25) is 4.98 Å². The Morgan fingerprint density at radius 3 is 2.61 bits per heavy atom. The van der Waals surface area contributed by atoms with Crippen LogP contribution in [0.5, 0.6) is 0 Å². The number of aromatic nitrogens is 1. The second-order valence-corrected chi connectivity index (χ2v) is 4.39. The molecular formula is C15H17FN2. The van der Waals surface area contributed by atoms with E-state index >= 15 is 0 Å². The van der Waals surface area contributed by atoms with Crippen molar-refractivity contribution in [2.45, 2.75) is 19.4 Å². The second-order valence-electron chi connectivity index (χ2n) is 4.39. The summed E-state index contributed by atoms with van der Waals surface area (Å²) in [6, 6.07) is 9.34. The van der Waals surface area contributed by atoms with Crippen LogP contribution >= 0.6 is 0 Å². The summed E-state index contributed by atoms with van der Waals surface area (Å²) in [5, 5.41) is 3.16. The highest BCUT2D eigenvalue weighted by molar-refractivity contribution is 5.31. The molecule has 1 atom stereocenters. The topological polar surface area (TPSA) is 24.9 Å². The number of halogens is 1. The van der Waals surface area contributed by atoms with E-state index in [9.17, 15) is 4.39 Å². The summed E-state index contributed by atoms with van der Waals surface area (Å²) >= 11 is 0. The first-order valence-corrected chi connectivity index (χ1v) is 6.05. The van der Waals surface area contributed by atoms with Gasteiger partial charge in [-0.15, -0.1) is 0 Å². The van der Waals surface area contributed by atoms with Crippen molar-refractivity contribution in [2.24, 2.45) is 0 Å². The van der Waals surface area contributed by atoms with Gasteiger partial charge >= 0.3 is 0 Å².